The molecule has 6 rings (SSSR count). The molecule has 7 heteroatoms. The monoisotopic (exact) mass is 557 g/mol. The number of aryl methyl sites for hydroxylation is 1. The summed E-state index contributed by atoms with van der Waals surface area (Å²) in [7, 11) is 0. The molecular weight excluding hydrogens is 534 g/mol. The Bertz CT molecular complexity index is 1510. The number of nitrogens with zero attached hydrogens (tertiary/aromatic N) is 1. The van der Waals surface area contributed by atoms with E-state index in [1.807, 2.05) is 12.1 Å². The van der Waals surface area contributed by atoms with Crippen LogP contribution in [0, 0.1) is 24.7 Å². The highest BCUT2D eigenvalue weighted by atomic mass is 79.9. The van der Waals surface area contributed by atoms with Crippen molar-refractivity contribution < 1.29 is 24.3 Å². The van der Waals surface area contributed by atoms with E-state index in [-0.39, 0.29) is 35.6 Å². The van der Waals surface area contributed by atoms with Gasteiger partial charge in [0.2, 0.25) is 11.8 Å². The third kappa shape index (κ3) is 3.44. The molecule has 1 heterocycles. The van der Waals surface area contributed by atoms with E-state index in [1.165, 1.54) is 11.0 Å². The summed E-state index contributed by atoms with van der Waals surface area (Å²) in [6.45, 7) is 3.41. The number of amides is 2. The zero-order chi connectivity index (χ0) is 26.2. The smallest absolute Gasteiger partial charge is 0.238 e. The van der Waals surface area contributed by atoms with E-state index in [0.717, 1.165) is 10.0 Å². The lowest BCUT2D eigenvalue weighted by atomic mass is 9.59. The van der Waals surface area contributed by atoms with E-state index in [1.54, 1.807) is 50.2 Å². The first-order chi connectivity index (χ1) is 17.7. The first kappa shape index (κ1) is 23.8. The molecule has 0 aromatic heterocycles. The Morgan fingerprint density at radius 1 is 0.946 bits per heavy atom. The van der Waals surface area contributed by atoms with E-state index < -0.39 is 23.7 Å². The molecule has 0 radical (unpaired) electrons. The van der Waals surface area contributed by atoms with Crippen molar-refractivity contribution in [3.8, 4) is 5.75 Å². The maximum absolute atomic E-state index is 13.8. The van der Waals surface area contributed by atoms with Crippen molar-refractivity contribution in [1.82, 2.24) is 0 Å². The normalized spacial score (nSPS) is 27.1. The minimum Gasteiger partial charge on any atom is -0.507 e. The predicted molar refractivity (Wildman–Crippen MR) is 141 cm³/mol. The quantitative estimate of drug-likeness (QED) is 0.315. The molecular formula is C30H24BrNO5. The number of phenolic OH excluding ortho intramolecular Hbond substituents is 1. The Hall–Kier alpha value is -3.58. The van der Waals surface area contributed by atoms with Gasteiger partial charge in [-0.2, -0.15) is 0 Å². The van der Waals surface area contributed by atoms with Crippen molar-refractivity contribution >= 4 is 45.0 Å². The molecule has 0 spiro atoms. The number of Topliss-reactive ketones (excluding diaryl/α,β-unsaturated/α-hetero) is 1. The van der Waals surface area contributed by atoms with Crippen LogP contribution in [0.15, 0.2) is 81.4 Å². The number of phenols is 1. The van der Waals surface area contributed by atoms with E-state index >= 15 is 0 Å². The Morgan fingerprint density at radius 3 is 2.41 bits per heavy atom. The number of imide groups is 1. The molecule has 3 aliphatic carbocycles. The van der Waals surface area contributed by atoms with Gasteiger partial charge in [0.1, 0.15) is 5.75 Å². The lowest BCUT2D eigenvalue weighted by molar-refractivity contribution is -0.123. The van der Waals surface area contributed by atoms with Crippen molar-refractivity contribution in [1.29, 1.82) is 0 Å². The van der Waals surface area contributed by atoms with Crippen LogP contribution in [-0.2, 0) is 19.2 Å². The fourth-order valence-electron chi connectivity index (χ4n) is 6.48. The zero-order valence-electron chi connectivity index (χ0n) is 20.3. The fraction of sp³-hybridized carbons (Fsp3) is 0.267. The van der Waals surface area contributed by atoms with E-state index in [4.69, 9.17) is 0 Å². The minimum absolute atomic E-state index is 0.0702. The highest BCUT2D eigenvalue weighted by Gasteiger charge is 2.56. The second kappa shape index (κ2) is 8.48. The Balaban J connectivity index is 1.50. The summed E-state index contributed by atoms with van der Waals surface area (Å²) in [6.07, 6.45) is 3.90. The molecule has 37 heavy (non-hydrogen) atoms. The summed E-state index contributed by atoms with van der Waals surface area (Å²) < 4.78 is 0.841. The van der Waals surface area contributed by atoms with Gasteiger partial charge in [0.25, 0.3) is 0 Å². The molecule has 186 valence electrons. The number of halogens is 1. The summed E-state index contributed by atoms with van der Waals surface area (Å²) in [6, 6.07) is 12.4. The maximum Gasteiger partial charge on any atom is 0.238 e. The summed E-state index contributed by atoms with van der Waals surface area (Å²) in [5.41, 5.74) is 3.67. The van der Waals surface area contributed by atoms with Gasteiger partial charge in [-0.1, -0.05) is 45.8 Å². The van der Waals surface area contributed by atoms with Gasteiger partial charge in [-0.25, -0.2) is 0 Å². The maximum atomic E-state index is 13.8. The van der Waals surface area contributed by atoms with Crippen molar-refractivity contribution in [3.63, 3.8) is 0 Å². The Morgan fingerprint density at radius 2 is 1.68 bits per heavy atom. The molecule has 2 aromatic rings. The van der Waals surface area contributed by atoms with Gasteiger partial charge < -0.3 is 5.11 Å². The van der Waals surface area contributed by atoms with E-state index in [9.17, 15) is 24.3 Å². The molecule has 1 N–H and O–H groups in total. The van der Waals surface area contributed by atoms with Crippen LogP contribution >= 0.6 is 15.9 Å². The largest absolute Gasteiger partial charge is 0.507 e. The van der Waals surface area contributed by atoms with Crippen LogP contribution < -0.4 is 4.90 Å². The third-order valence-corrected chi connectivity index (χ3v) is 8.76. The average Bonchev–Trinajstić information content (AvgIpc) is 3.13. The molecule has 2 aromatic carbocycles. The third-order valence-electron chi connectivity index (χ3n) is 8.23. The number of fused-ring (bicyclic) bond motifs is 3. The molecule has 1 saturated heterocycles. The summed E-state index contributed by atoms with van der Waals surface area (Å²) >= 11 is 3.39. The molecule has 4 atom stereocenters. The van der Waals surface area contributed by atoms with Gasteiger partial charge in [0.05, 0.1) is 17.5 Å². The van der Waals surface area contributed by atoms with Crippen molar-refractivity contribution in [2.24, 2.45) is 17.8 Å². The second-order valence-corrected chi connectivity index (χ2v) is 11.1. The minimum atomic E-state index is -0.653. The van der Waals surface area contributed by atoms with Crippen LogP contribution in [0.2, 0.25) is 0 Å². The molecule has 2 amide bonds. The van der Waals surface area contributed by atoms with E-state index in [2.05, 4.69) is 15.9 Å². The molecule has 1 fully saturated rings. The number of carbonyl (C=O) groups is 4. The number of anilines is 1. The first-order valence-corrected chi connectivity index (χ1v) is 13.1. The molecule has 0 bridgehead atoms. The number of hydrogen-bond donors (Lipinski definition) is 1. The van der Waals surface area contributed by atoms with Crippen LogP contribution in [0.25, 0.3) is 0 Å². The van der Waals surface area contributed by atoms with Crippen molar-refractivity contribution in [2.45, 2.75) is 32.6 Å². The fourth-order valence-corrected chi connectivity index (χ4v) is 6.74. The number of carbonyl (C=O) groups excluding carboxylic acids is 4. The number of ketones is 2. The van der Waals surface area contributed by atoms with Gasteiger partial charge in [-0.15, -0.1) is 0 Å². The Labute approximate surface area is 222 Å². The Kier molecular flexibility index (Phi) is 5.46. The lowest BCUT2D eigenvalue weighted by Crippen LogP contribution is -2.39. The number of rotatable bonds is 2. The summed E-state index contributed by atoms with van der Waals surface area (Å²) in [5.74, 6) is -3.18. The predicted octanol–water partition coefficient (Wildman–Crippen LogP) is 5.10. The van der Waals surface area contributed by atoms with Crippen LogP contribution in [0.5, 0.6) is 5.75 Å². The van der Waals surface area contributed by atoms with Crippen LogP contribution in [0.4, 0.5) is 5.69 Å². The number of hydrogen-bond acceptors (Lipinski definition) is 5. The number of para-hydroxylation sites is 1. The molecule has 6 nitrogen and oxygen atoms in total. The van der Waals surface area contributed by atoms with Gasteiger partial charge in [-0.05, 0) is 68.5 Å². The van der Waals surface area contributed by atoms with E-state index in [0.29, 0.717) is 40.0 Å². The summed E-state index contributed by atoms with van der Waals surface area (Å²) in [4.78, 5) is 55.3. The first-order valence-electron chi connectivity index (χ1n) is 12.3. The number of aromatic hydroxyl groups is 1. The summed E-state index contributed by atoms with van der Waals surface area (Å²) in [5, 5.41) is 11.0. The van der Waals surface area contributed by atoms with Crippen molar-refractivity contribution in [2.75, 3.05) is 4.90 Å². The highest BCUT2D eigenvalue weighted by Crippen LogP contribution is 2.56. The van der Waals surface area contributed by atoms with Gasteiger partial charge >= 0.3 is 0 Å². The molecule has 1 aliphatic heterocycles. The van der Waals surface area contributed by atoms with Gasteiger partial charge in [0.15, 0.2) is 11.6 Å². The van der Waals surface area contributed by atoms with Gasteiger partial charge in [-0.3, -0.25) is 24.1 Å². The SMILES string of the molecule is CC1=CC(=O)C2=C(C1=O)[C@@H](c1cccc(C)c1O)C1=CC[C@@H]3C(=O)N(c4ccc(Br)cc4)C(=O)[C@@H]3[C@@H]1C2. The molecule has 4 aliphatic rings. The topological polar surface area (TPSA) is 91.8 Å². The standard InChI is InChI=1S/C30H24BrNO5/c1-14-4-3-5-19(27(14)34)24-18-10-11-20-25(21(18)13-22-23(33)12-15(2)28(35)26(22)24)30(37)32(29(20)36)17-8-6-16(31)7-9-17/h3-10,12,20-21,24-25,34H,11,13H2,1-2H3/t20-,21+,24+,25-/m0/s1. The highest BCUT2D eigenvalue weighted by molar-refractivity contribution is 9.10. The second-order valence-electron chi connectivity index (χ2n) is 10.2. The van der Waals surface area contributed by atoms with Crippen LogP contribution in [0.1, 0.15) is 36.8 Å². The zero-order valence-corrected chi connectivity index (χ0v) is 21.9. The molecule has 0 unspecified atom stereocenters. The van der Waals surface area contributed by atoms with Crippen LogP contribution in [-0.4, -0.2) is 28.5 Å². The number of allylic oxidation sites excluding steroid dienone is 6. The average molecular weight is 558 g/mol. The van der Waals surface area contributed by atoms with Crippen molar-refractivity contribution in [3.05, 3.63) is 92.5 Å². The van der Waals surface area contributed by atoms with Crippen LogP contribution in [0.3, 0.4) is 0 Å². The molecule has 0 saturated carbocycles. The van der Waals surface area contributed by atoms with Gasteiger partial charge in [0, 0.05) is 32.7 Å². The lowest BCUT2D eigenvalue weighted by Gasteiger charge is -2.42. The number of benzene rings is 2.